The van der Waals surface area contributed by atoms with Crippen molar-refractivity contribution < 1.29 is 13.6 Å². The molecule has 5 heteroatoms. The number of amides is 1. The van der Waals surface area contributed by atoms with E-state index < -0.39 is 5.82 Å². The van der Waals surface area contributed by atoms with E-state index in [2.05, 4.69) is 10.6 Å². The molecule has 0 aliphatic carbocycles. The fourth-order valence-corrected chi connectivity index (χ4v) is 1.88. The van der Waals surface area contributed by atoms with E-state index in [1.165, 1.54) is 24.3 Å². The highest BCUT2D eigenvalue weighted by molar-refractivity contribution is 5.92. The van der Waals surface area contributed by atoms with Crippen molar-refractivity contribution in [1.29, 1.82) is 0 Å². The predicted octanol–water partition coefficient (Wildman–Crippen LogP) is 2.74. The lowest BCUT2D eigenvalue weighted by Gasteiger charge is -2.07. The molecule has 0 atom stereocenters. The second kappa shape index (κ2) is 7.50. The van der Waals surface area contributed by atoms with Crippen molar-refractivity contribution in [3.63, 3.8) is 0 Å². The van der Waals surface area contributed by atoms with E-state index in [-0.39, 0.29) is 24.0 Å². The number of hydrogen-bond donors (Lipinski definition) is 2. The highest BCUT2D eigenvalue weighted by Crippen LogP contribution is 2.11. The Kier molecular flexibility index (Phi) is 5.40. The second-order valence-corrected chi connectivity index (χ2v) is 4.58. The molecule has 0 heterocycles. The van der Waals surface area contributed by atoms with E-state index in [0.29, 0.717) is 13.0 Å². The zero-order valence-corrected chi connectivity index (χ0v) is 11.4. The minimum absolute atomic E-state index is 0.0731. The lowest BCUT2D eigenvalue weighted by Crippen LogP contribution is -2.29. The van der Waals surface area contributed by atoms with Crippen LogP contribution in [0.2, 0.25) is 0 Å². The van der Waals surface area contributed by atoms with Crippen molar-refractivity contribution in [3.8, 4) is 0 Å². The smallest absolute Gasteiger partial charge is 0.238 e. The lowest BCUT2D eigenvalue weighted by atomic mass is 10.1. The molecule has 0 radical (unpaired) electrons. The van der Waals surface area contributed by atoms with Gasteiger partial charge in [-0.2, -0.15) is 0 Å². The van der Waals surface area contributed by atoms with Crippen LogP contribution in [0.15, 0.2) is 48.5 Å². The summed E-state index contributed by atoms with van der Waals surface area (Å²) >= 11 is 0. The second-order valence-electron chi connectivity index (χ2n) is 4.58. The van der Waals surface area contributed by atoms with Gasteiger partial charge in [-0.25, -0.2) is 8.78 Å². The molecule has 0 spiro atoms. The number of benzene rings is 2. The normalized spacial score (nSPS) is 10.4. The van der Waals surface area contributed by atoms with Crippen LogP contribution in [0.25, 0.3) is 0 Å². The molecule has 2 rings (SSSR count). The molecule has 0 aliphatic rings. The van der Waals surface area contributed by atoms with E-state index in [4.69, 9.17) is 0 Å². The first-order valence-electron chi connectivity index (χ1n) is 6.65. The Bertz CT molecular complexity index is 617. The number of carbonyl (C=O) groups is 1. The van der Waals surface area contributed by atoms with Gasteiger partial charge in [-0.1, -0.05) is 24.3 Å². The standard InChI is InChI=1S/C16H16F2N2O/c17-13-5-3-4-12(10-13)8-9-19-11-16(21)20-15-7-2-1-6-14(15)18/h1-7,10,19H,8-9,11H2,(H,20,21). The Morgan fingerprint density at radius 1 is 1.05 bits per heavy atom. The first-order chi connectivity index (χ1) is 10.1. The zero-order valence-electron chi connectivity index (χ0n) is 11.4. The van der Waals surface area contributed by atoms with E-state index in [1.54, 1.807) is 18.2 Å². The lowest BCUT2D eigenvalue weighted by molar-refractivity contribution is -0.115. The van der Waals surface area contributed by atoms with Gasteiger partial charge in [0.25, 0.3) is 0 Å². The molecule has 0 saturated carbocycles. The Labute approximate surface area is 122 Å². The van der Waals surface area contributed by atoms with Gasteiger partial charge in [0.2, 0.25) is 5.91 Å². The Hall–Kier alpha value is -2.27. The van der Waals surface area contributed by atoms with Crippen molar-refractivity contribution in [1.82, 2.24) is 5.32 Å². The molecule has 0 bridgehead atoms. The summed E-state index contributed by atoms with van der Waals surface area (Å²) in [6, 6.07) is 12.3. The molecule has 21 heavy (non-hydrogen) atoms. The van der Waals surface area contributed by atoms with Gasteiger partial charge in [-0.05, 0) is 42.8 Å². The first-order valence-corrected chi connectivity index (χ1v) is 6.65. The van der Waals surface area contributed by atoms with Crippen molar-refractivity contribution in [2.75, 3.05) is 18.4 Å². The monoisotopic (exact) mass is 290 g/mol. The fraction of sp³-hybridized carbons (Fsp3) is 0.188. The van der Waals surface area contributed by atoms with Crippen LogP contribution < -0.4 is 10.6 Å². The quantitative estimate of drug-likeness (QED) is 0.803. The molecule has 3 nitrogen and oxygen atoms in total. The number of para-hydroxylation sites is 1. The molecule has 0 fully saturated rings. The van der Waals surface area contributed by atoms with Crippen LogP contribution in [0, 0.1) is 11.6 Å². The van der Waals surface area contributed by atoms with Crippen molar-refractivity contribution in [2.24, 2.45) is 0 Å². The summed E-state index contributed by atoms with van der Waals surface area (Å²) in [6.45, 7) is 0.609. The van der Waals surface area contributed by atoms with Gasteiger partial charge in [-0.15, -0.1) is 0 Å². The summed E-state index contributed by atoms with van der Waals surface area (Å²) < 4.78 is 26.3. The Morgan fingerprint density at radius 3 is 2.62 bits per heavy atom. The maximum Gasteiger partial charge on any atom is 0.238 e. The summed E-state index contributed by atoms with van der Waals surface area (Å²) in [7, 11) is 0. The molecule has 1 amide bonds. The van der Waals surface area contributed by atoms with E-state index in [1.807, 2.05) is 6.07 Å². The minimum Gasteiger partial charge on any atom is -0.322 e. The van der Waals surface area contributed by atoms with Gasteiger partial charge in [-0.3, -0.25) is 4.79 Å². The van der Waals surface area contributed by atoms with Crippen LogP contribution in [-0.2, 0) is 11.2 Å². The Balaban J connectivity index is 1.71. The van der Waals surface area contributed by atoms with Crippen molar-refractivity contribution >= 4 is 11.6 Å². The minimum atomic E-state index is -0.467. The largest absolute Gasteiger partial charge is 0.322 e. The van der Waals surface area contributed by atoms with Crippen molar-refractivity contribution in [2.45, 2.75) is 6.42 Å². The number of halogens is 2. The Morgan fingerprint density at radius 2 is 1.86 bits per heavy atom. The molecule has 0 aliphatic heterocycles. The molecule has 0 aromatic heterocycles. The summed E-state index contributed by atoms with van der Waals surface area (Å²) in [5.74, 6) is -1.06. The summed E-state index contributed by atoms with van der Waals surface area (Å²) in [5.41, 5.74) is 1.02. The molecule has 0 saturated heterocycles. The van der Waals surface area contributed by atoms with Crippen LogP contribution in [0.3, 0.4) is 0 Å². The molecule has 110 valence electrons. The first kappa shape index (κ1) is 15.1. The molecular formula is C16H16F2N2O. The molecule has 2 N–H and O–H groups in total. The molecule has 2 aromatic carbocycles. The van der Waals surface area contributed by atoms with Crippen LogP contribution in [-0.4, -0.2) is 19.0 Å². The van der Waals surface area contributed by atoms with Gasteiger partial charge in [0.05, 0.1) is 12.2 Å². The SMILES string of the molecule is O=C(CNCCc1cccc(F)c1)Nc1ccccc1F. The number of hydrogen-bond acceptors (Lipinski definition) is 2. The van der Waals surface area contributed by atoms with Crippen molar-refractivity contribution in [3.05, 3.63) is 65.7 Å². The van der Waals surface area contributed by atoms with E-state index in [0.717, 1.165) is 5.56 Å². The van der Waals surface area contributed by atoms with Crippen LogP contribution >= 0.6 is 0 Å². The third-order valence-electron chi connectivity index (χ3n) is 2.91. The van der Waals surface area contributed by atoms with E-state index >= 15 is 0 Å². The maximum atomic E-state index is 13.3. The van der Waals surface area contributed by atoms with Gasteiger partial charge in [0.15, 0.2) is 0 Å². The highest BCUT2D eigenvalue weighted by atomic mass is 19.1. The highest BCUT2D eigenvalue weighted by Gasteiger charge is 2.05. The third-order valence-corrected chi connectivity index (χ3v) is 2.91. The number of rotatable bonds is 6. The van der Waals surface area contributed by atoms with Gasteiger partial charge in [0.1, 0.15) is 11.6 Å². The summed E-state index contributed by atoms with van der Waals surface area (Å²) in [4.78, 5) is 11.6. The van der Waals surface area contributed by atoms with E-state index in [9.17, 15) is 13.6 Å². The maximum absolute atomic E-state index is 13.3. The number of anilines is 1. The van der Waals surface area contributed by atoms with Gasteiger partial charge in [0, 0.05) is 0 Å². The summed E-state index contributed by atoms with van der Waals surface area (Å²) in [6.07, 6.45) is 0.616. The molecule has 2 aromatic rings. The molecular weight excluding hydrogens is 274 g/mol. The van der Waals surface area contributed by atoms with Crippen LogP contribution in [0.5, 0.6) is 0 Å². The average Bonchev–Trinajstić information content (AvgIpc) is 2.46. The van der Waals surface area contributed by atoms with Gasteiger partial charge < -0.3 is 10.6 Å². The number of nitrogens with one attached hydrogen (secondary N) is 2. The fourth-order valence-electron chi connectivity index (χ4n) is 1.88. The zero-order chi connectivity index (χ0) is 15.1. The summed E-state index contributed by atoms with van der Waals surface area (Å²) in [5, 5.41) is 5.42. The number of carbonyl (C=O) groups excluding carboxylic acids is 1. The van der Waals surface area contributed by atoms with Gasteiger partial charge >= 0.3 is 0 Å². The average molecular weight is 290 g/mol. The van der Waals surface area contributed by atoms with Crippen LogP contribution in [0.4, 0.5) is 14.5 Å². The topological polar surface area (TPSA) is 41.1 Å². The van der Waals surface area contributed by atoms with Crippen LogP contribution in [0.1, 0.15) is 5.56 Å². The third kappa shape index (κ3) is 4.96. The predicted molar refractivity (Wildman–Crippen MR) is 78.0 cm³/mol. The molecule has 0 unspecified atom stereocenters.